The van der Waals surface area contributed by atoms with Crippen LogP contribution >= 0.6 is 0 Å². The van der Waals surface area contributed by atoms with E-state index in [1.807, 2.05) is 30.5 Å². The Kier molecular flexibility index (Phi) is 3.55. The first kappa shape index (κ1) is 13.1. The molecule has 2 aromatic rings. The van der Waals surface area contributed by atoms with Crippen LogP contribution in [0.5, 0.6) is 0 Å². The Balaban J connectivity index is 1.96. The molecule has 2 N–H and O–H groups in total. The van der Waals surface area contributed by atoms with E-state index >= 15 is 0 Å². The van der Waals surface area contributed by atoms with E-state index in [1.54, 1.807) is 27.0 Å². The number of carbonyl (C=O) groups excluding carboxylic acids is 1. The number of carbonyl (C=O) groups is 1. The number of benzene rings is 1. The Morgan fingerprint density at radius 2 is 2.16 bits per heavy atom. The number of amides is 1. The van der Waals surface area contributed by atoms with Crippen LogP contribution in [0, 0.1) is 0 Å². The maximum Gasteiger partial charge on any atom is 0.428 e. The minimum Gasteiger partial charge on any atom is -0.443 e. The lowest BCUT2D eigenvalue weighted by atomic mass is 10.2. The van der Waals surface area contributed by atoms with Gasteiger partial charge in [-0.2, -0.15) is 5.10 Å². The van der Waals surface area contributed by atoms with Gasteiger partial charge in [0.15, 0.2) is 0 Å². The molecule has 0 saturated heterocycles. The molecule has 5 nitrogen and oxygen atoms in total. The average Bonchev–Trinajstić information content (AvgIpc) is 2.73. The van der Waals surface area contributed by atoms with Crippen molar-refractivity contribution in [2.45, 2.75) is 26.4 Å². The van der Waals surface area contributed by atoms with Gasteiger partial charge in [-0.3, -0.25) is 0 Å². The van der Waals surface area contributed by atoms with Crippen molar-refractivity contribution >= 4 is 23.2 Å². The minimum atomic E-state index is -0.565. The Morgan fingerprint density at radius 1 is 1.37 bits per heavy atom. The molecule has 0 fully saturated rings. The fourth-order valence-corrected chi connectivity index (χ4v) is 1.61. The third-order valence-corrected chi connectivity index (χ3v) is 2.35. The third-order valence-electron chi connectivity index (χ3n) is 2.35. The first-order valence-electron chi connectivity index (χ1n) is 6.03. The lowest BCUT2D eigenvalue weighted by Crippen LogP contribution is -2.29. The molecule has 2 rings (SSSR count). The van der Waals surface area contributed by atoms with E-state index in [0.29, 0.717) is 0 Å². The van der Waals surface area contributed by atoms with E-state index in [2.05, 4.69) is 15.5 Å². The second-order valence-corrected chi connectivity index (χ2v) is 5.20. The van der Waals surface area contributed by atoms with Gasteiger partial charge in [0, 0.05) is 11.7 Å². The number of rotatable bonds is 2. The van der Waals surface area contributed by atoms with Crippen molar-refractivity contribution in [2.75, 3.05) is 0 Å². The lowest BCUT2D eigenvalue weighted by Gasteiger charge is -2.18. The number of hydrogen-bond donors (Lipinski definition) is 2. The standard InChI is InChI=1S/C14H17N3O2/c1-14(2,3)19-13(18)17-16-9-10-4-5-11-6-7-15-12(11)8-10/h4-9,15H,1-3H3,(H,17,18). The molecule has 0 aliphatic heterocycles. The first-order chi connectivity index (χ1) is 8.94. The van der Waals surface area contributed by atoms with Gasteiger partial charge in [-0.1, -0.05) is 12.1 Å². The predicted octanol–water partition coefficient (Wildman–Crippen LogP) is 3.03. The van der Waals surface area contributed by atoms with Gasteiger partial charge in [0.05, 0.1) is 6.21 Å². The normalized spacial score (nSPS) is 11.9. The quantitative estimate of drug-likeness (QED) is 0.643. The summed E-state index contributed by atoms with van der Waals surface area (Å²) in [5.41, 5.74) is 3.73. The van der Waals surface area contributed by atoms with Crippen LogP contribution in [0.3, 0.4) is 0 Å². The third kappa shape index (κ3) is 3.84. The number of H-pyrrole nitrogens is 1. The van der Waals surface area contributed by atoms with Crippen molar-refractivity contribution in [3.8, 4) is 0 Å². The molecule has 0 aliphatic rings. The summed E-state index contributed by atoms with van der Waals surface area (Å²) in [5, 5.41) is 4.99. The summed E-state index contributed by atoms with van der Waals surface area (Å²) in [7, 11) is 0. The molecule has 1 heterocycles. The fraction of sp³-hybridized carbons (Fsp3) is 0.286. The van der Waals surface area contributed by atoms with Gasteiger partial charge in [-0.05, 0) is 43.9 Å². The molecular formula is C14H17N3O2. The van der Waals surface area contributed by atoms with Crippen molar-refractivity contribution in [2.24, 2.45) is 5.10 Å². The van der Waals surface area contributed by atoms with E-state index in [0.717, 1.165) is 16.5 Å². The van der Waals surface area contributed by atoms with Gasteiger partial charge in [0.1, 0.15) is 5.60 Å². The van der Waals surface area contributed by atoms with Crippen molar-refractivity contribution < 1.29 is 9.53 Å². The topological polar surface area (TPSA) is 66.5 Å². The monoisotopic (exact) mass is 259 g/mol. The number of aromatic amines is 1. The summed E-state index contributed by atoms with van der Waals surface area (Å²) in [6, 6.07) is 7.86. The number of nitrogens with zero attached hydrogens (tertiary/aromatic N) is 1. The zero-order chi connectivity index (χ0) is 13.9. The van der Waals surface area contributed by atoms with Gasteiger partial charge >= 0.3 is 6.09 Å². The van der Waals surface area contributed by atoms with Crippen LogP contribution in [0.2, 0.25) is 0 Å². The van der Waals surface area contributed by atoms with Crippen LogP contribution in [0.4, 0.5) is 4.79 Å². The largest absolute Gasteiger partial charge is 0.443 e. The molecule has 0 radical (unpaired) electrons. The smallest absolute Gasteiger partial charge is 0.428 e. The molecule has 0 unspecified atom stereocenters. The number of hydrazone groups is 1. The summed E-state index contributed by atoms with van der Waals surface area (Å²) in [5.74, 6) is 0. The van der Waals surface area contributed by atoms with E-state index in [1.165, 1.54) is 0 Å². The van der Waals surface area contributed by atoms with Crippen LogP contribution in [-0.2, 0) is 4.74 Å². The predicted molar refractivity (Wildman–Crippen MR) is 75.3 cm³/mol. The van der Waals surface area contributed by atoms with Crippen LogP contribution in [0.15, 0.2) is 35.6 Å². The van der Waals surface area contributed by atoms with Crippen molar-refractivity contribution in [3.05, 3.63) is 36.0 Å². The van der Waals surface area contributed by atoms with E-state index in [4.69, 9.17) is 4.74 Å². The summed E-state index contributed by atoms with van der Waals surface area (Å²) in [4.78, 5) is 14.5. The van der Waals surface area contributed by atoms with Gasteiger partial charge in [0.2, 0.25) is 0 Å². The molecule has 0 atom stereocenters. The van der Waals surface area contributed by atoms with Crippen molar-refractivity contribution in [1.29, 1.82) is 0 Å². The summed E-state index contributed by atoms with van der Waals surface area (Å²) < 4.78 is 5.06. The molecule has 1 amide bonds. The Hall–Kier alpha value is -2.30. The maximum atomic E-state index is 11.4. The molecule has 1 aromatic carbocycles. The van der Waals surface area contributed by atoms with E-state index in [9.17, 15) is 4.79 Å². The van der Waals surface area contributed by atoms with Gasteiger partial charge in [-0.25, -0.2) is 10.2 Å². The number of ether oxygens (including phenoxy) is 1. The fourth-order valence-electron chi connectivity index (χ4n) is 1.61. The maximum absolute atomic E-state index is 11.4. The van der Waals surface area contributed by atoms with Crippen LogP contribution in [0.1, 0.15) is 26.3 Å². The number of aromatic nitrogens is 1. The van der Waals surface area contributed by atoms with Crippen molar-refractivity contribution in [1.82, 2.24) is 10.4 Å². The molecule has 5 heteroatoms. The number of fused-ring (bicyclic) bond motifs is 1. The molecular weight excluding hydrogens is 242 g/mol. The highest BCUT2D eigenvalue weighted by Gasteiger charge is 2.15. The van der Waals surface area contributed by atoms with Gasteiger partial charge < -0.3 is 9.72 Å². The molecule has 0 spiro atoms. The first-order valence-corrected chi connectivity index (χ1v) is 6.03. The van der Waals surface area contributed by atoms with E-state index in [-0.39, 0.29) is 0 Å². The zero-order valence-electron chi connectivity index (χ0n) is 11.2. The Morgan fingerprint density at radius 3 is 2.89 bits per heavy atom. The van der Waals surface area contributed by atoms with Gasteiger partial charge in [0.25, 0.3) is 0 Å². The highest BCUT2D eigenvalue weighted by atomic mass is 16.6. The van der Waals surface area contributed by atoms with Gasteiger partial charge in [-0.15, -0.1) is 0 Å². The van der Waals surface area contributed by atoms with Crippen molar-refractivity contribution in [3.63, 3.8) is 0 Å². The molecule has 0 saturated carbocycles. The Bertz CT molecular complexity index is 608. The summed E-state index contributed by atoms with van der Waals surface area (Å²) in [6.45, 7) is 5.40. The molecule has 0 aliphatic carbocycles. The average molecular weight is 259 g/mol. The number of nitrogens with one attached hydrogen (secondary N) is 2. The summed E-state index contributed by atoms with van der Waals surface area (Å²) in [6.07, 6.45) is 2.89. The van der Waals surface area contributed by atoms with Crippen LogP contribution in [-0.4, -0.2) is 22.9 Å². The zero-order valence-corrected chi connectivity index (χ0v) is 11.2. The minimum absolute atomic E-state index is 0.525. The molecule has 100 valence electrons. The Labute approximate surface area is 111 Å². The van der Waals surface area contributed by atoms with Crippen LogP contribution in [0.25, 0.3) is 10.9 Å². The SMILES string of the molecule is CC(C)(C)OC(=O)NN=Cc1ccc2cc[nH]c2c1. The second-order valence-electron chi connectivity index (χ2n) is 5.20. The highest BCUT2D eigenvalue weighted by molar-refractivity contribution is 5.89. The summed E-state index contributed by atoms with van der Waals surface area (Å²) >= 11 is 0. The van der Waals surface area contributed by atoms with E-state index < -0.39 is 11.7 Å². The molecule has 19 heavy (non-hydrogen) atoms. The highest BCUT2D eigenvalue weighted by Crippen LogP contribution is 2.12. The number of hydrogen-bond acceptors (Lipinski definition) is 3. The molecule has 0 bridgehead atoms. The van der Waals surface area contributed by atoms with Crippen LogP contribution < -0.4 is 5.43 Å². The second kappa shape index (κ2) is 5.14. The molecule has 1 aromatic heterocycles. The lowest BCUT2D eigenvalue weighted by molar-refractivity contribution is 0.0529.